The average molecular weight is 281 g/mol. The lowest BCUT2D eigenvalue weighted by molar-refractivity contribution is 1.00. The number of anilines is 1. The molecule has 0 aliphatic heterocycles. The number of aryl methyl sites for hydroxylation is 1. The van der Waals surface area contributed by atoms with Crippen molar-refractivity contribution < 1.29 is 0 Å². The van der Waals surface area contributed by atoms with E-state index in [9.17, 15) is 0 Å². The maximum Gasteiger partial charge on any atom is 0.0641 e. The molecule has 4 heteroatoms. The SMILES string of the molecule is Cc1cc(Cl)c(NCCc2cccnc2)cc1Cl. The first-order valence-corrected chi connectivity index (χ1v) is 6.51. The van der Waals surface area contributed by atoms with Gasteiger partial charge in [0, 0.05) is 24.0 Å². The first-order chi connectivity index (χ1) is 8.66. The molecule has 2 aromatic rings. The third-order valence-corrected chi connectivity index (χ3v) is 3.42. The minimum Gasteiger partial charge on any atom is -0.383 e. The second kappa shape index (κ2) is 6.07. The Hall–Kier alpha value is -1.25. The van der Waals surface area contributed by atoms with Crippen molar-refractivity contribution in [1.82, 2.24) is 4.98 Å². The number of aromatic nitrogens is 1. The van der Waals surface area contributed by atoms with Crippen LogP contribution in [0.2, 0.25) is 10.0 Å². The highest BCUT2D eigenvalue weighted by molar-refractivity contribution is 6.35. The Balaban J connectivity index is 1.97. The van der Waals surface area contributed by atoms with Crippen LogP contribution in [0.1, 0.15) is 11.1 Å². The normalized spacial score (nSPS) is 10.4. The Morgan fingerprint density at radius 3 is 2.78 bits per heavy atom. The molecule has 0 unspecified atom stereocenters. The minimum atomic E-state index is 0.697. The molecular formula is C14H14Cl2N2. The van der Waals surface area contributed by atoms with Crippen molar-refractivity contribution >= 4 is 28.9 Å². The molecule has 0 aliphatic rings. The zero-order valence-corrected chi connectivity index (χ0v) is 11.6. The number of halogens is 2. The number of nitrogens with one attached hydrogen (secondary N) is 1. The predicted molar refractivity (Wildman–Crippen MR) is 77.6 cm³/mol. The Kier molecular flexibility index (Phi) is 4.45. The van der Waals surface area contributed by atoms with E-state index in [0.717, 1.165) is 29.2 Å². The van der Waals surface area contributed by atoms with Gasteiger partial charge in [0.25, 0.3) is 0 Å². The van der Waals surface area contributed by atoms with Crippen LogP contribution in [0.25, 0.3) is 0 Å². The summed E-state index contributed by atoms with van der Waals surface area (Å²) >= 11 is 12.2. The monoisotopic (exact) mass is 280 g/mol. The summed E-state index contributed by atoms with van der Waals surface area (Å²) in [6, 6.07) is 7.72. The van der Waals surface area contributed by atoms with E-state index in [2.05, 4.69) is 16.4 Å². The van der Waals surface area contributed by atoms with Crippen LogP contribution in [0.5, 0.6) is 0 Å². The second-order valence-corrected chi connectivity index (χ2v) is 4.93. The maximum absolute atomic E-state index is 6.15. The summed E-state index contributed by atoms with van der Waals surface area (Å²) in [5.41, 5.74) is 3.05. The first kappa shape index (κ1) is 13.2. The summed E-state index contributed by atoms with van der Waals surface area (Å²) in [5.74, 6) is 0. The molecule has 0 saturated heterocycles. The van der Waals surface area contributed by atoms with Crippen LogP contribution >= 0.6 is 23.2 Å². The molecule has 0 atom stereocenters. The Bertz CT molecular complexity index is 527. The maximum atomic E-state index is 6.15. The number of benzene rings is 1. The van der Waals surface area contributed by atoms with Crippen LogP contribution in [-0.2, 0) is 6.42 Å². The number of pyridine rings is 1. The fraction of sp³-hybridized carbons (Fsp3) is 0.214. The van der Waals surface area contributed by atoms with Gasteiger partial charge in [-0.3, -0.25) is 4.98 Å². The van der Waals surface area contributed by atoms with Gasteiger partial charge in [-0.25, -0.2) is 0 Å². The van der Waals surface area contributed by atoms with E-state index in [-0.39, 0.29) is 0 Å². The molecule has 0 bridgehead atoms. The molecule has 1 N–H and O–H groups in total. The molecule has 0 fully saturated rings. The van der Waals surface area contributed by atoms with Crippen LogP contribution in [-0.4, -0.2) is 11.5 Å². The minimum absolute atomic E-state index is 0.697. The standard InChI is InChI=1S/C14H14Cl2N2/c1-10-7-13(16)14(8-12(10)15)18-6-4-11-3-2-5-17-9-11/h2-3,5,7-9,18H,4,6H2,1H3. The topological polar surface area (TPSA) is 24.9 Å². The Labute approximate surface area is 117 Å². The lowest BCUT2D eigenvalue weighted by Crippen LogP contribution is -2.05. The lowest BCUT2D eigenvalue weighted by Gasteiger charge is -2.10. The van der Waals surface area contributed by atoms with Crippen molar-refractivity contribution in [3.05, 3.63) is 57.8 Å². The molecule has 2 rings (SSSR count). The summed E-state index contributed by atoms with van der Waals surface area (Å²) in [5, 5.41) is 4.71. The molecule has 1 aromatic heterocycles. The third kappa shape index (κ3) is 3.37. The van der Waals surface area contributed by atoms with Crippen LogP contribution in [0.4, 0.5) is 5.69 Å². The van der Waals surface area contributed by atoms with Gasteiger partial charge in [0.05, 0.1) is 10.7 Å². The summed E-state index contributed by atoms with van der Waals surface area (Å²) < 4.78 is 0. The molecule has 0 radical (unpaired) electrons. The molecule has 0 aliphatic carbocycles. The van der Waals surface area contributed by atoms with Gasteiger partial charge in [-0.15, -0.1) is 0 Å². The van der Waals surface area contributed by atoms with Crippen LogP contribution in [0.3, 0.4) is 0 Å². The highest BCUT2D eigenvalue weighted by atomic mass is 35.5. The van der Waals surface area contributed by atoms with Gasteiger partial charge in [0.15, 0.2) is 0 Å². The average Bonchev–Trinajstić information content (AvgIpc) is 2.37. The van der Waals surface area contributed by atoms with Crippen molar-refractivity contribution in [1.29, 1.82) is 0 Å². The highest BCUT2D eigenvalue weighted by Crippen LogP contribution is 2.28. The van der Waals surface area contributed by atoms with Gasteiger partial charge in [-0.1, -0.05) is 29.3 Å². The molecular weight excluding hydrogens is 267 g/mol. The second-order valence-electron chi connectivity index (χ2n) is 4.12. The van der Waals surface area contributed by atoms with Crippen molar-refractivity contribution in [2.75, 3.05) is 11.9 Å². The zero-order valence-electron chi connectivity index (χ0n) is 10.1. The number of hydrogen-bond donors (Lipinski definition) is 1. The van der Waals surface area contributed by atoms with Crippen LogP contribution < -0.4 is 5.32 Å². The van der Waals surface area contributed by atoms with E-state index in [1.165, 1.54) is 5.56 Å². The molecule has 94 valence electrons. The summed E-state index contributed by atoms with van der Waals surface area (Å²) in [4.78, 5) is 4.08. The van der Waals surface area contributed by atoms with Gasteiger partial charge in [-0.05, 0) is 42.7 Å². The van der Waals surface area contributed by atoms with Gasteiger partial charge in [0.1, 0.15) is 0 Å². The molecule has 2 nitrogen and oxygen atoms in total. The zero-order chi connectivity index (χ0) is 13.0. The van der Waals surface area contributed by atoms with E-state index in [1.807, 2.05) is 31.3 Å². The third-order valence-electron chi connectivity index (χ3n) is 2.70. The van der Waals surface area contributed by atoms with Crippen LogP contribution in [0.15, 0.2) is 36.7 Å². The predicted octanol–water partition coefficient (Wildman–Crippen LogP) is 4.35. The van der Waals surface area contributed by atoms with Crippen molar-refractivity contribution in [2.45, 2.75) is 13.3 Å². The quantitative estimate of drug-likeness (QED) is 0.901. The summed E-state index contributed by atoms with van der Waals surface area (Å²) in [7, 11) is 0. The molecule has 0 spiro atoms. The first-order valence-electron chi connectivity index (χ1n) is 5.75. The summed E-state index contributed by atoms with van der Waals surface area (Å²) in [6.07, 6.45) is 4.54. The van der Waals surface area contributed by atoms with Gasteiger partial charge < -0.3 is 5.32 Å². The van der Waals surface area contributed by atoms with Gasteiger partial charge in [0.2, 0.25) is 0 Å². The van der Waals surface area contributed by atoms with Gasteiger partial charge in [-0.2, -0.15) is 0 Å². The number of nitrogens with zero attached hydrogens (tertiary/aromatic N) is 1. The van der Waals surface area contributed by atoms with E-state index < -0.39 is 0 Å². The molecule has 0 saturated carbocycles. The Morgan fingerprint density at radius 2 is 2.06 bits per heavy atom. The van der Waals surface area contributed by atoms with Crippen molar-refractivity contribution in [2.24, 2.45) is 0 Å². The summed E-state index contributed by atoms with van der Waals surface area (Å²) in [6.45, 7) is 2.73. The molecule has 18 heavy (non-hydrogen) atoms. The fourth-order valence-corrected chi connectivity index (χ4v) is 2.12. The highest BCUT2D eigenvalue weighted by Gasteiger charge is 2.04. The largest absolute Gasteiger partial charge is 0.383 e. The van der Waals surface area contributed by atoms with Crippen molar-refractivity contribution in [3.63, 3.8) is 0 Å². The lowest BCUT2D eigenvalue weighted by atomic mass is 10.2. The fourth-order valence-electron chi connectivity index (χ4n) is 1.67. The van der Waals surface area contributed by atoms with Crippen molar-refractivity contribution in [3.8, 4) is 0 Å². The van der Waals surface area contributed by atoms with E-state index in [1.54, 1.807) is 6.20 Å². The van der Waals surface area contributed by atoms with E-state index in [0.29, 0.717) is 5.02 Å². The molecule has 0 amide bonds. The number of hydrogen-bond acceptors (Lipinski definition) is 2. The Morgan fingerprint density at radius 1 is 1.22 bits per heavy atom. The number of rotatable bonds is 4. The van der Waals surface area contributed by atoms with Gasteiger partial charge >= 0.3 is 0 Å². The smallest absolute Gasteiger partial charge is 0.0641 e. The van der Waals surface area contributed by atoms with Crippen LogP contribution in [0, 0.1) is 6.92 Å². The molecule has 1 heterocycles. The molecule has 1 aromatic carbocycles. The van der Waals surface area contributed by atoms with E-state index in [4.69, 9.17) is 23.2 Å². The van der Waals surface area contributed by atoms with E-state index >= 15 is 0 Å².